The largest absolute Gasteiger partial charge is 0.493 e. The number of hydrogen-bond donors (Lipinski definition) is 0. The summed E-state index contributed by atoms with van der Waals surface area (Å²) in [5, 5.41) is 0.665. The normalized spacial score (nSPS) is 11.0. The van der Waals surface area contributed by atoms with E-state index in [0.29, 0.717) is 11.6 Å². The van der Waals surface area contributed by atoms with E-state index in [9.17, 15) is 0 Å². The van der Waals surface area contributed by atoms with Crippen molar-refractivity contribution in [3.8, 4) is 5.75 Å². The molecule has 0 amide bonds. The number of rotatable bonds is 4. The highest BCUT2D eigenvalue weighted by atomic mass is 79.9. The van der Waals surface area contributed by atoms with Crippen molar-refractivity contribution in [2.45, 2.75) is 13.8 Å². The standard InChI is InChI=1S/C16H15BrClNO/c1-3-20-16-7-5-13(18)9-12(16)10-19-15-6-4-11(2)8-14(15)17/h4-10H,3H2,1-2H3. The van der Waals surface area contributed by atoms with E-state index in [1.807, 2.05) is 50.2 Å². The molecule has 0 aliphatic heterocycles. The van der Waals surface area contributed by atoms with Crippen LogP contribution in [0.15, 0.2) is 45.9 Å². The van der Waals surface area contributed by atoms with Gasteiger partial charge in [-0.25, -0.2) is 0 Å². The van der Waals surface area contributed by atoms with E-state index >= 15 is 0 Å². The lowest BCUT2D eigenvalue weighted by atomic mass is 10.2. The van der Waals surface area contributed by atoms with Crippen molar-refractivity contribution in [2.24, 2.45) is 4.99 Å². The molecule has 0 fully saturated rings. The molecule has 0 heterocycles. The van der Waals surface area contributed by atoms with E-state index in [4.69, 9.17) is 16.3 Å². The van der Waals surface area contributed by atoms with Gasteiger partial charge in [-0.1, -0.05) is 17.7 Å². The van der Waals surface area contributed by atoms with Crippen molar-refractivity contribution in [1.82, 2.24) is 0 Å². The SMILES string of the molecule is CCOc1ccc(Cl)cc1C=Nc1ccc(C)cc1Br. The lowest BCUT2D eigenvalue weighted by Gasteiger charge is -2.07. The van der Waals surface area contributed by atoms with Crippen molar-refractivity contribution >= 4 is 39.4 Å². The van der Waals surface area contributed by atoms with Crippen molar-refractivity contribution in [2.75, 3.05) is 6.61 Å². The van der Waals surface area contributed by atoms with Crippen molar-refractivity contribution in [1.29, 1.82) is 0 Å². The van der Waals surface area contributed by atoms with Crippen LogP contribution in [0.25, 0.3) is 0 Å². The first-order chi connectivity index (χ1) is 9.60. The summed E-state index contributed by atoms with van der Waals surface area (Å²) in [6.07, 6.45) is 1.77. The topological polar surface area (TPSA) is 21.6 Å². The van der Waals surface area contributed by atoms with E-state index in [2.05, 4.69) is 20.9 Å². The van der Waals surface area contributed by atoms with E-state index < -0.39 is 0 Å². The number of aryl methyl sites for hydroxylation is 1. The summed E-state index contributed by atoms with van der Waals surface area (Å²) in [6.45, 7) is 4.60. The zero-order valence-corrected chi connectivity index (χ0v) is 13.7. The molecule has 0 atom stereocenters. The molecule has 0 aliphatic rings. The third kappa shape index (κ3) is 3.84. The molecule has 0 saturated carbocycles. The van der Waals surface area contributed by atoms with Crippen LogP contribution in [-0.4, -0.2) is 12.8 Å². The van der Waals surface area contributed by atoms with Gasteiger partial charge in [-0.15, -0.1) is 0 Å². The van der Waals surface area contributed by atoms with Crippen molar-refractivity contribution in [3.63, 3.8) is 0 Å². The van der Waals surface area contributed by atoms with Crippen LogP contribution in [0.2, 0.25) is 5.02 Å². The minimum atomic E-state index is 0.608. The van der Waals surface area contributed by atoms with Crippen LogP contribution in [0.5, 0.6) is 5.75 Å². The van der Waals surface area contributed by atoms with Gasteiger partial charge in [0.05, 0.1) is 12.3 Å². The number of nitrogens with zero attached hydrogens (tertiary/aromatic N) is 1. The highest BCUT2D eigenvalue weighted by molar-refractivity contribution is 9.10. The van der Waals surface area contributed by atoms with Gasteiger partial charge >= 0.3 is 0 Å². The fraction of sp³-hybridized carbons (Fsp3) is 0.188. The summed E-state index contributed by atoms with van der Waals surface area (Å²) in [5.74, 6) is 0.781. The number of hydrogen-bond acceptors (Lipinski definition) is 2. The molecule has 0 saturated heterocycles. The predicted molar refractivity (Wildman–Crippen MR) is 88.8 cm³/mol. The van der Waals surface area contributed by atoms with E-state index in [-0.39, 0.29) is 0 Å². The van der Waals surface area contributed by atoms with Gasteiger partial charge in [0, 0.05) is 21.3 Å². The molecule has 0 N–H and O–H groups in total. The Balaban J connectivity index is 2.32. The molecule has 4 heteroatoms. The average Bonchev–Trinajstić information content (AvgIpc) is 2.41. The van der Waals surface area contributed by atoms with Crippen LogP contribution in [0.4, 0.5) is 5.69 Å². The van der Waals surface area contributed by atoms with Gasteiger partial charge in [0.15, 0.2) is 0 Å². The zero-order chi connectivity index (χ0) is 14.5. The first-order valence-electron chi connectivity index (χ1n) is 6.32. The molecule has 104 valence electrons. The Morgan fingerprint density at radius 3 is 2.75 bits per heavy atom. The Bertz CT molecular complexity index is 640. The van der Waals surface area contributed by atoms with Crippen LogP contribution in [0.1, 0.15) is 18.1 Å². The average molecular weight is 353 g/mol. The fourth-order valence-electron chi connectivity index (χ4n) is 1.76. The second-order valence-corrected chi connectivity index (χ2v) is 5.62. The quantitative estimate of drug-likeness (QED) is 0.660. The monoisotopic (exact) mass is 351 g/mol. The summed E-state index contributed by atoms with van der Waals surface area (Å²) in [7, 11) is 0. The van der Waals surface area contributed by atoms with E-state index in [1.54, 1.807) is 6.21 Å². The smallest absolute Gasteiger partial charge is 0.128 e. The molecule has 0 aliphatic carbocycles. The van der Waals surface area contributed by atoms with Gasteiger partial charge in [-0.2, -0.15) is 0 Å². The molecule has 2 nitrogen and oxygen atoms in total. The van der Waals surface area contributed by atoms with Gasteiger partial charge in [-0.05, 0) is 65.7 Å². The summed E-state index contributed by atoms with van der Waals surface area (Å²) in [6, 6.07) is 11.6. The highest BCUT2D eigenvalue weighted by Crippen LogP contribution is 2.27. The highest BCUT2D eigenvalue weighted by Gasteiger charge is 2.03. The molecule has 2 rings (SSSR count). The lowest BCUT2D eigenvalue weighted by molar-refractivity contribution is 0.340. The van der Waals surface area contributed by atoms with Crippen molar-refractivity contribution < 1.29 is 4.74 Å². The number of halogens is 2. The predicted octanol–water partition coefficient (Wildman–Crippen LogP) is 5.56. The Labute approximate surface area is 132 Å². The van der Waals surface area contributed by atoms with Crippen LogP contribution < -0.4 is 4.74 Å². The summed E-state index contributed by atoms with van der Waals surface area (Å²) < 4.78 is 6.53. The molecular formula is C16H15BrClNO. The molecule has 0 bridgehead atoms. The molecule has 0 spiro atoms. The second kappa shape index (κ2) is 6.91. The molecule has 2 aromatic carbocycles. The van der Waals surface area contributed by atoms with Crippen LogP contribution >= 0.6 is 27.5 Å². The van der Waals surface area contributed by atoms with Crippen molar-refractivity contribution in [3.05, 3.63) is 57.0 Å². The number of aliphatic imine (C=N–C) groups is 1. The Kier molecular flexibility index (Phi) is 5.21. The van der Waals surface area contributed by atoms with Gasteiger partial charge in [-0.3, -0.25) is 4.99 Å². The molecule has 0 aromatic heterocycles. The summed E-state index contributed by atoms with van der Waals surface area (Å²) in [4.78, 5) is 4.49. The minimum absolute atomic E-state index is 0.608. The fourth-order valence-corrected chi connectivity index (χ4v) is 2.54. The number of ether oxygens (including phenoxy) is 1. The minimum Gasteiger partial charge on any atom is -0.493 e. The van der Waals surface area contributed by atoms with Gasteiger partial charge in [0.1, 0.15) is 5.75 Å². The van der Waals surface area contributed by atoms with Crippen LogP contribution in [0, 0.1) is 6.92 Å². The van der Waals surface area contributed by atoms with Crippen LogP contribution in [0.3, 0.4) is 0 Å². The summed E-state index contributed by atoms with van der Waals surface area (Å²) in [5.41, 5.74) is 2.93. The first-order valence-corrected chi connectivity index (χ1v) is 7.50. The van der Waals surface area contributed by atoms with E-state index in [1.165, 1.54) is 5.56 Å². The molecule has 2 aromatic rings. The Morgan fingerprint density at radius 2 is 2.05 bits per heavy atom. The van der Waals surface area contributed by atoms with E-state index in [0.717, 1.165) is 21.5 Å². The number of benzene rings is 2. The third-order valence-electron chi connectivity index (χ3n) is 2.72. The molecule has 0 unspecified atom stereocenters. The first kappa shape index (κ1) is 15.1. The van der Waals surface area contributed by atoms with Crippen LogP contribution in [-0.2, 0) is 0 Å². The zero-order valence-electron chi connectivity index (χ0n) is 11.4. The maximum absolute atomic E-state index is 6.02. The Morgan fingerprint density at radius 1 is 1.25 bits per heavy atom. The maximum atomic E-state index is 6.02. The molecular weight excluding hydrogens is 338 g/mol. The lowest BCUT2D eigenvalue weighted by Crippen LogP contribution is -1.95. The molecule has 0 radical (unpaired) electrons. The van der Waals surface area contributed by atoms with Gasteiger partial charge in [0.25, 0.3) is 0 Å². The molecule has 20 heavy (non-hydrogen) atoms. The summed E-state index contributed by atoms with van der Waals surface area (Å²) >= 11 is 9.54. The second-order valence-electron chi connectivity index (χ2n) is 4.33. The third-order valence-corrected chi connectivity index (χ3v) is 3.59. The maximum Gasteiger partial charge on any atom is 0.128 e. The Hall–Kier alpha value is -1.32. The van der Waals surface area contributed by atoms with Gasteiger partial charge in [0.2, 0.25) is 0 Å². The van der Waals surface area contributed by atoms with Gasteiger partial charge < -0.3 is 4.74 Å².